The zero-order valence-electron chi connectivity index (χ0n) is 11.5. The third kappa shape index (κ3) is 4.13. The predicted molar refractivity (Wildman–Crippen MR) is 87.4 cm³/mol. The lowest BCUT2D eigenvalue weighted by atomic mass is 10.2. The van der Waals surface area contributed by atoms with E-state index in [4.69, 9.17) is 27.9 Å². The van der Waals surface area contributed by atoms with Crippen LogP contribution in [0.2, 0.25) is 10.0 Å². The van der Waals surface area contributed by atoms with Gasteiger partial charge >= 0.3 is 0 Å². The number of methoxy groups -OCH3 is 1. The number of halogens is 2. The van der Waals surface area contributed by atoms with E-state index in [9.17, 15) is 8.42 Å². The number of hydrazone groups is 1. The summed E-state index contributed by atoms with van der Waals surface area (Å²) in [5, 5.41) is 4.15. The highest BCUT2D eigenvalue weighted by molar-refractivity contribution is 7.89. The second-order valence-corrected chi connectivity index (χ2v) is 6.68. The number of hydrogen-bond acceptors (Lipinski definition) is 4. The van der Waals surface area contributed by atoms with Crippen LogP contribution in [0.25, 0.3) is 0 Å². The van der Waals surface area contributed by atoms with E-state index in [1.54, 1.807) is 31.4 Å². The largest absolute Gasteiger partial charge is 0.497 e. The Morgan fingerprint density at radius 1 is 1.14 bits per heavy atom. The quantitative estimate of drug-likeness (QED) is 0.658. The number of ether oxygens (including phenoxy) is 1. The van der Waals surface area contributed by atoms with Crippen LogP contribution < -0.4 is 9.57 Å². The van der Waals surface area contributed by atoms with E-state index in [1.807, 2.05) is 0 Å². The second kappa shape index (κ2) is 7.00. The summed E-state index contributed by atoms with van der Waals surface area (Å²) in [5.74, 6) is 0.649. The monoisotopic (exact) mass is 358 g/mol. The number of nitrogens with zero attached hydrogens (tertiary/aromatic N) is 1. The van der Waals surface area contributed by atoms with Gasteiger partial charge < -0.3 is 4.74 Å². The molecule has 2 aromatic rings. The predicted octanol–water partition coefficient (Wildman–Crippen LogP) is 3.31. The van der Waals surface area contributed by atoms with Gasteiger partial charge in [-0.25, -0.2) is 4.83 Å². The Labute approximate surface area is 138 Å². The first-order valence-electron chi connectivity index (χ1n) is 6.06. The molecule has 8 heteroatoms. The van der Waals surface area contributed by atoms with Gasteiger partial charge in [-0.05, 0) is 35.9 Å². The van der Waals surface area contributed by atoms with Gasteiger partial charge in [0.15, 0.2) is 0 Å². The van der Waals surface area contributed by atoms with Gasteiger partial charge in [0.2, 0.25) is 0 Å². The molecular formula is C14H12Cl2N2O3S. The van der Waals surface area contributed by atoms with E-state index < -0.39 is 10.0 Å². The van der Waals surface area contributed by atoms with Gasteiger partial charge in [-0.3, -0.25) is 0 Å². The summed E-state index contributed by atoms with van der Waals surface area (Å²) in [6.45, 7) is 0. The molecule has 22 heavy (non-hydrogen) atoms. The molecule has 0 aromatic heterocycles. The van der Waals surface area contributed by atoms with Gasteiger partial charge in [-0.1, -0.05) is 35.3 Å². The maximum Gasteiger partial charge on any atom is 0.276 e. The van der Waals surface area contributed by atoms with Crippen LogP contribution in [0.5, 0.6) is 5.75 Å². The molecule has 2 aromatic carbocycles. The summed E-state index contributed by atoms with van der Waals surface area (Å²) in [6, 6.07) is 11.0. The van der Waals surface area contributed by atoms with Crippen molar-refractivity contribution in [3.05, 3.63) is 58.1 Å². The van der Waals surface area contributed by atoms with Gasteiger partial charge in [0.1, 0.15) is 5.75 Å². The van der Waals surface area contributed by atoms with Crippen LogP contribution in [0.4, 0.5) is 0 Å². The van der Waals surface area contributed by atoms with Crippen LogP contribution in [-0.4, -0.2) is 21.7 Å². The van der Waals surface area contributed by atoms with Crippen LogP contribution in [0.1, 0.15) is 5.56 Å². The molecule has 2 rings (SSSR count). The highest BCUT2D eigenvalue weighted by Crippen LogP contribution is 2.24. The molecule has 0 saturated heterocycles. The lowest BCUT2D eigenvalue weighted by molar-refractivity contribution is 0.415. The van der Waals surface area contributed by atoms with Crippen molar-refractivity contribution in [1.82, 2.24) is 4.83 Å². The Morgan fingerprint density at radius 2 is 1.91 bits per heavy atom. The smallest absolute Gasteiger partial charge is 0.276 e. The number of sulfonamides is 1. The van der Waals surface area contributed by atoms with Crippen molar-refractivity contribution in [3.63, 3.8) is 0 Å². The standard InChI is InChI=1S/C14H12Cl2N2O3S/c1-21-11-4-2-3-10(7-11)9-17-18-22(19,20)12-5-6-13(15)14(16)8-12/h2-9,18H,1H3/b17-9+. The Morgan fingerprint density at radius 3 is 2.59 bits per heavy atom. The molecule has 0 spiro atoms. The van der Waals surface area contributed by atoms with Crippen LogP contribution in [0.15, 0.2) is 52.5 Å². The fraction of sp³-hybridized carbons (Fsp3) is 0.0714. The molecule has 0 saturated carbocycles. The van der Waals surface area contributed by atoms with Crippen molar-refractivity contribution in [3.8, 4) is 5.75 Å². The summed E-state index contributed by atoms with van der Waals surface area (Å²) in [5.41, 5.74) is 0.691. The van der Waals surface area contributed by atoms with Crippen LogP contribution in [0.3, 0.4) is 0 Å². The van der Waals surface area contributed by atoms with E-state index in [0.29, 0.717) is 11.3 Å². The molecular weight excluding hydrogens is 347 g/mol. The molecule has 0 aliphatic carbocycles. The molecule has 0 atom stereocenters. The van der Waals surface area contributed by atoms with Crippen molar-refractivity contribution in [1.29, 1.82) is 0 Å². The normalized spacial score (nSPS) is 11.6. The van der Waals surface area contributed by atoms with E-state index >= 15 is 0 Å². The molecule has 0 radical (unpaired) electrons. The minimum absolute atomic E-state index is 0.0234. The summed E-state index contributed by atoms with van der Waals surface area (Å²) in [6.07, 6.45) is 1.37. The molecule has 0 aliphatic rings. The number of rotatable bonds is 5. The third-order valence-corrected chi connectivity index (χ3v) is 4.64. The van der Waals surface area contributed by atoms with Crippen molar-refractivity contribution in [2.24, 2.45) is 5.10 Å². The van der Waals surface area contributed by atoms with Crippen LogP contribution in [-0.2, 0) is 10.0 Å². The van der Waals surface area contributed by atoms with E-state index in [0.717, 1.165) is 0 Å². The molecule has 0 aliphatic heterocycles. The Bertz CT molecular complexity index is 807. The van der Waals surface area contributed by atoms with Gasteiger partial charge in [0, 0.05) is 0 Å². The zero-order valence-corrected chi connectivity index (χ0v) is 13.8. The number of hydrogen-bond donors (Lipinski definition) is 1. The first kappa shape index (κ1) is 16.6. The fourth-order valence-electron chi connectivity index (χ4n) is 1.59. The van der Waals surface area contributed by atoms with Crippen molar-refractivity contribution >= 4 is 39.4 Å². The minimum atomic E-state index is -3.81. The molecule has 0 fully saturated rings. The Balaban J connectivity index is 2.15. The number of nitrogens with one attached hydrogen (secondary N) is 1. The first-order valence-corrected chi connectivity index (χ1v) is 8.30. The summed E-state index contributed by atoms with van der Waals surface area (Å²) in [4.78, 5) is 2.08. The van der Waals surface area contributed by atoms with E-state index in [1.165, 1.54) is 24.4 Å². The van der Waals surface area contributed by atoms with E-state index in [-0.39, 0.29) is 14.9 Å². The van der Waals surface area contributed by atoms with Crippen LogP contribution in [0, 0.1) is 0 Å². The average Bonchev–Trinajstić information content (AvgIpc) is 2.50. The topological polar surface area (TPSA) is 67.8 Å². The highest BCUT2D eigenvalue weighted by Gasteiger charge is 2.14. The number of benzene rings is 2. The Hall–Kier alpha value is -1.76. The summed E-state index contributed by atoms with van der Waals surface area (Å²) < 4.78 is 29.2. The second-order valence-electron chi connectivity index (χ2n) is 4.21. The molecule has 0 amide bonds. The third-order valence-electron chi connectivity index (χ3n) is 2.68. The van der Waals surface area contributed by atoms with Gasteiger partial charge in [0.05, 0.1) is 28.3 Å². The first-order chi connectivity index (χ1) is 10.4. The molecule has 5 nitrogen and oxygen atoms in total. The van der Waals surface area contributed by atoms with Crippen molar-refractivity contribution < 1.29 is 13.2 Å². The van der Waals surface area contributed by atoms with Crippen molar-refractivity contribution in [2.45, 2.75) is 4.90 Å². The van der Waals surface area contributed by atoms with E-state index in [2.05, 4.69) is 9.93 Å². The van der Waals surface area contributed by atoms with Crippen LogP contribution >= 0.6 is 23.2 Å². The molecule has 1 N–H and O–H groups in total. The van der Waals surface area contributed by atoms with Gasteiger partial charge in [-0.15, -0.1) is 0 Å². The van der Waals surface area contributed by atoms with Gasteiger partial charge in [0.25, 0.3) is 10.0 Å². The highest BCUT2D eigenvalue weighted by atomic mass is 35.5. The lowest BCUT2D eigenvalue weighted by Gasteiger charge is -2.04. The molecule has 116 valence electrons. The molecule has 0 heterocycles. The fourth-order valence-corrected chi connectivity index (χ4v) is 2.77. The SMILES string of the molecule is COc1cccc(/C=N/NS(=O)(=O)c2ccc(Cl)c(Cl)c2)c1. The Kier molecular flexibility index (Phi) is 5.28. The average molecular weight is 359 g/mol. The summed E-state index contributed by atoms with van der Waals surface area (Å²) in [7, 11) is -2.26. The molecule has 0 unspecified atom stereocenters. The summed E-state index contributed by atoms with van der Waals surface area (Å²) >= 11 is 11.6. The zero-order chi connectivity index (χ0) is 16.2. The van der Waals surface area contributed by atoms with Crippen molar-refractivity contribution in [2.75, 3.05) is 7.11 Å². The maximum atomic E-state index is 12.1. The maximum absolute atomic E-state index is 12.1. The molecule has 0 bridgehead atoms. The minimum Gasteiger partial charge on any atom is -0.497 e. The van der Waals surface area contributed by atoms with Gasteiger partial charge in [-0.2, -0.15) is 13.5 Å². The lowest BCUT2D eigenvalue weighted by Crippen LogP contribution is -2.18.